The quantitative estimate of drug-likeness (QED) is 0.532. The van der Waals surface area contributed by atoms with Crippen LogP contribution in [0, 0.1) is 12.8 Å². The maximum Gasteiger partial charge on any atom is 0.254 e. The van der Waals surface area contributed by atoms with Gasteiger partial charge < -0.3 is 9.30 Å². The number of hydrogen-bond donors (Lipinski definition) is 0. The van der Waals surface area contributed by atoms with Crippen molar-refractivity contribution < 1.29 is 4.74 Å². The Labute approximate surface area is 178 Å². The van der Waals surface area contributed by atoms with E-state index < -0.39 is 0 Å². The first-order chi connectivity index (χ1) is 14.7. The molecule has 0 unspecified atom stereocenters. The summed E-state index contributed by atoms with van der Waals surface area (Å²) in [6, 6.07) is 13.8. The van der Waals surface area contributed by atoms with Gasteiger partial charge in [-0.25, -0.2) is 9.97 Å². The van der Waals surface area contributed by atoms with E-state index in [-0.39, 0.29) is 12.2 Å². The highest BCUT2D eigenvalue weighted by molar-refractivity contribution is 5.27. The molecule has 4 rings (SSSR count). The van der Waals surface area contributed by atoms with E-state index in [1.54, 1.807) is 23.0 Å². The molecule has 0 radical (unpaired) electrons. The highest BCUT2D eigenvalue weighted by Gasteiger charge is 2.20. The number of aromatic nitrogens is 3. The Hall–Kier alpha value is -2.95. The molecule has 0 saturated heterocycles. The fourth-order valence-corrected chi connectivity index (χ4v) is 3.31. The number of rotatable bonds is 8. The zero-order valence-corrected chi connectivity index (χ0v) is 18.2. The van der Waals surface area contributed by atoms with Crippen LogP contribution in [0.25, 0.3) is 0 Å². The highest BCUT2D eigenvalue weighted by atomic mass is 16.5. The van der Waals surface area contributed by atoms with Crippen molar-refractivity contribution in [2.75, 3.05) is 0 Å². The van der Waals surface area contributed by atoms with Crippen molar-refractivity contribution in [2.45, 2.75) is 59.6 Å². The second-order valence-corrected chi connectivity index (χ2v) is 7.51. The molecule has 30 heavy (non-hydrogen) atoms. The van der Waals surface area contributed by atoms with Crippen LogP contribution < -0.4 is 10.3 Å². The van der Waals surface area contributed by atoms with E-state index in [4.69, 9.17) is 4.74 Å². The molecule has 1 aliphatic carbocycles. The van der Waals surface area contributed by atoms with Crippen LogP contribution in [0.3, 0.4) is 0 Å². The van der Waals surface area contributed by atoms with Gasteiger partial charge in [-0.2, -0.15) is 0 Å². The van der Waals surface area contributed by atoms with Crippen molar-refractivity contribution in [1.82, 2.24) is 14.5 Å². The molecule has 5 nitrogen and oxygen atoms in total. The maximum absolute atomic E-state index is 12.6. The molecule has 1 aliphatic rings. The molecule has 0 N–H and O–H groups in total. The van der Waals surface area contributed by atoms with Crippen LogP contribution in [0.5, 0.6) is 5.75 Å². The number of benzene rings is 1. The Morgan fingerprint density at radius 2 is 1.70 bits per heavy atom. The number of nitrogens with zero attached hydrogens (tertiary/aromatic N) is 3. The van der Waals surface area contributed by atoms with Crippen molar-refractivity contribution in [3.8, 4) is 5.75 Å². The van der Waals surface area contributed by atoms with Gasteiger partial charge in [-0.1, -0.05) is 51.0 Å². The van der Waals surface area contributed by atoms with E-state index >= 15 is 0 Å². The van der Waals surface area contributed by atoms with Crippen LogP contribution >= 0.6 is 0 Å². The van der Waals surface area contributed by atoms with Gasteiger partial charge in [-0.05, 0) is 48.9 Å². The molecule has 1 fully saturated rings. The second-order valence-electron chi connectivity index (χ2n) is 7.51. The summed E-state index contributed by atoms with van der Waals surface area (Å²) in [5.41, 5.74) is 3.31. The average molecular weight is 406 g/mol. The van der Waals surface area contributed by atoms with Crippen LogP contribution in [-0.4, -0.2) is 14.5 Å². The van der Waals surface area contributed by atoms with Gasteiger partial charge in [0.15, 0.2) is 5.82 Å². The van der Waals surface area contributed by atoms with Gasteiger partial charge >= 0.3 is 0 Å². The van der Waals surface area contributed by atoms with Crippen molar-refractivity contribution >= 4 is 0 Å². The molecular weight excluding hydrogens is 374 g/mol. The summed E-state index contributed by atoms with van der Waals surface area (Å²) in [5.74, 6) is 2.09. The lowest BCUT2D eigenvalue weighted by Gasteiger charge is -2.13. The minimum atomic E-state index is -0.0678. The number of aryl methyl sites for hydroxylation is 2. The van der Waals surface area contributed by atoms with E-state index in [0.717, 1.165) is 23.6 Å². The maximum atomic E-state index is 12.6. The SMILES string of the molecule is CC.Cc1cc(OCc2ncccn2)cc(=O)n1Cc1ccc(CCC2CC2)cc1. The summed E-state index contributed by atoms with van der Waals surface area (Å²) in [7, 11) is 0. The van der Waals surface area contributed by atoms with Gasteiger partial charge in [0.05, 0.1) is 6.54 Å². The van der Waals surface area contributed by atoms with E-state index in [1.165, 1.54) is 30.9 Å². The topological polar surface area (TPSA) is 57.0 Å². The van der Waals surface area contributed by atoms with Crippen molar-refractivity contribution in [2.24, 2.45) is 5.92 Å². The first-order valence-corrected chi connectivity index (χ1v) is 10.9. The molecule has 0 atom stereocenters. The number of pyridine rings is 1. The summed E-state index contributed by atoms with van der Waals surface area (Å²) < 4.78 is 7.46. The molecule has 0 aliphatic heterocycles. The van der Waals surface area contributed by atoms with Crippen LogP contribution in [-0.2, 0) is 19.6 Å². The van der Waals surface area contributed by atoms with Crippen LogP contribution in [0.2, 0.25) is 0 Å². The Morgan fingerprint density at radius 1 is 1.03 bits per heavy atom. The largest absolute Gasteiger partial charge is 0.485 e. The van der Waals surface area contributed by atoms with Crippen molar-refractivity contribution in [1.29, 1.82) is 0 Å². The molecule has 1 aromatic carbocycles. The molecule has 5 heteroatoms. The summed E-state index contributed by atoms with van der Waals surface area (Å²) in [4.78, 5) is 20.8. The molecule has 158 valence electrons. The van der Waals surface area contributed by atoms with Crippen LogP contribution in [0.15, 0.2) is 59.7 Å². The Balaban J connectivity index is 0.00000124. The average Bonchev–Trinajstić information content (AvgIpc) is 3.61. The van der Waals surface area contributed by atoms with Gasteiger partial charge in [-0.3, -0.25) is 4.79 Å². The summed E-state index contributed by atoms with van der Waals surface area (Å²) in [5, 5.41) is 0. The highest BCUT2D eigenvalue weighted by Crippen LogP contribution is 2.33. The smallest absolute Gasteiger partial charge is 0.254 e. The number of ether oxygens (including phenoxy) is 1. The fourth-order valence-electron chi connectivity index (χ4n) is 3.31. The molecule has 0 bridgehead atoms. The second kappa shape index (κ2) is 10.7. The Morgan fingerprint density at radius 3 is 2.33 bits per heavy atom. The van der Waals surface area contributed by atoms with E-state index in [9.17, 15) is 4.79 Å². The van der Waals surface area contributed by atoms with Gasteiger partial charge in [0.25, 0.3) is 5.56 Å². The van der Waals surface area contributed by atoms with Crippen LogP contribution in [0.4, 0.5) is 0 Å². The predicted octanol–water partition coefficient (Wildman–Crippen LogP) is 4.94. The lowest BCUT2D eigenvalue weighted by Crippen LogP contribution is -2.22. The van der Waals surface area contributed by atoms with Gasteiger partial charge in [-0.15, -0.1) is 0 Å². The molecule has 3 aromatic rings. The zero-order valence-electron chi connectivity index (χ0n) is 18.2. The minimum absolute atomic E-state index is 0.0678. The normalized spacial score (nSPS) is 12.8. The molecular formula is C25H31N3O2. The monoisotopic (exact) mass is 405 g/mol. The van der Waals surface area contributed by atoms with Crippen molar-refractivity contribution in [3.05, 3.63) is 87.9 Å². The Bertz CT molecular complexity index is 978. The standard InChI is InChI=1S/C23H25N3O2.C2H6/c1-17-13-21(28-16-22-24-11-2-12-25-22)14-23(27)26(17)15-20-9-7-19(8-10-20)6-5-18-3-4-18;1-2/h2,7-14,18H,3-6,15-16H2,1H3;1-2H3. The molecule has 0 spiro atoms. The first-order valence-electron chi connectivity index (χ1n) is 10.9. The van der Waals surface area contributed by atoms with E-state index in [1.807, 2.05) is 26.8 Å². The third-order valence-corrected chi connectivity index (χ3v) is 5.20. The third-order valence-electron chi connectivity index (χ3n) is 5.20. The molecule has 2 heterocycles. The van der Waals surface area contributed by atoms with Crippen LogP contribution in [0.1, 0.15) is 55.8 Å². The van der Waals surface area contributed by atoms with Gasteiger partial charge in [0.1, 0.15) is 12.4 Å². The van der Waals surface area contributed by atoms with E-state index in [0.29, 0.717) is 18.1 Å². The molecule has 2 aromatic heterocycles. The molecule has 1 saturated carbocycles. The molecule has 0 amide bonds. The van der Waals surface area contributed by atoms with Gasteiger partial charge in [0, 0.05) is 24.2 Å². The minimum Gasteiger partial charge on any atom is -0.485 e. The van der Waals surface area contributed by atoms with Crippen molar-refractivity contribution in [3.63, 3.8) is 0 Å². The first kappa shape index (κ1) is 21.8. The zero-order chi connectivity index (χ0) is 21.3. The fraction of sp³-hybridized carbons (Fsp3) is 0.400. The van der Waals surface area contributed by atoms with Gasteiger partial charge in [0.2, 0.25) is 0 Å². The summed E-state index contributed by atoms with van der Waals surface area (Å²) in [6.07, 6.45) is 8.60. The third kappa shape index (κ3) is 6.28. The van der Waals surface area contributed by atoms with E-state index in [2.05, 4.69) is 34.2 Å². The lowest BCUT2D eigenvalue weighted by atomic mass is 10.1. The predicted molar refractivity (Wildman–Crippen MR) is 120 cm³/mol. The number of hydrogen-bond acceptors (Lipinski definition) is 4. The lowest BCUT2D eigenvalue weighted by molar-refractivity contribution is 0.294. The summed E-state index contributed by atoms with van der Waals surface area (Å²) >= 11 is 0. The summed E-state index contributed by atoms with van der Waals surface area (Å²) in [6.45, 7) is 6.74. The Kier molecular flexibility index (Phi) is 7.77.